The molecule has 28 heavy (non-hydrogen) atoms. The van der Waals surface area contributed by atoms with E-state index in [9.17, 15) is 14.9 Å². The molecule has 0 spiro atoms. The third-order valence-electron chi connectivity index (χ3n) is 4.54. The number of benzene rings is 1. The van der Waals surface area contributed by atoms with Crippen LogP contribution in [0.1, 0.15) is 28.8 Å². The highest BCUT2D eigenvalue weighted by Crippen LogP contribution is 2.27. The van der Waals surface area contributed by atoms with Crippen molar-refractivity contribution in [2.24, 2.45) is 5.73 Å². The van der Waals surface area contributed by atoms with Crippen molar-refractivity contribution in [3.63, 3.8) is 0 Å². The van der Waals surface area contributed by atoms with Crippen LogP contribution in [0, 0.1) is 10.1 Å². The van der Waals surface area contributed by atoms with E-state index < -0.39 is 10.8 Å². The lowest BCUT2D eigenvalue weighted by atomic mass is 10.1. The first-order valence-corrected chi connectivity index (χ1v) is 9.35. The van der Waals surface area contributed by atoms with E-state index in [4.69, 9.17) is 33.7 Å². The van der Waals surface area contributed by atoms with Gasteiger partial charge in [0.2, 0.25) is 0 Å². The number of nitro groups is 1. The summed E-state index contributed by atoms with van der Waals surface area (Å²) in [5.74, 6) is -0.384. The number of hydrogen-bond donors (Lipinski definition) is 1. The van der Waals surface area contributed by atoms with Crippen molar-refractivity contribution in [1.29, 1.82) is 0 Å². The Morgan fingerprint density at radius 3 is 2.61 bits per heavy atom. The second-order valence-electron chi connectivity index (χ2n) is 6.43. The summed E-state index contributed by atoms with van der Waals surface area (Å²) in [6.07, 6.45) is 2.62. The Balaban J connectivity index is 1.61. The fourth-order valence-corrected chi connectivity index (χ4v) is 3.38. The molecule has 2 aromatic rings. The van der Waals surface area contributed by atoms with Crippen LogP contribution in [0.2, 0.25) is 10.0 Å². The first-order valence-electron chi connectivity index (χ1n) is 8.60. The number of piperidine rings is 1. The monoisotopic (exact) mass is 424 g/mol. The maximum atomic E-state index is 11.7. The zero-order valence-electron chi connectivity index (χ0n) is 14.8. The zero-order valence-corrected chi connectivity index (χ0v) is 16.3. The smallest absolute Gasteiger partial charge is 0.288 e. The summed E-state index contributed by atoms with van der Waals surface area (Å²) in [5.41, 5.74) is 6.09. The standard InChI is InChI=1S/C18H18Cl2N4O4/c19-15-2-1-11(7-16(15)20)10-28-13-3-5-23(6-4-13)18-14(17(21)25)8-12(9-22-18)24(26)27/h1-2,7-9,13H,3-6,10H2,(H2,21,25). The Kier molecular flexibility index (Phi) is 6.33. The molecule has 148 valence electrons. The molecule has 0 unspecified atom stereocenters. The highest BCUT2D eigenvalue weighted by Gasteiger charge is 2.25. The van der Waals surface area contributed by atoms with Gasteiger partial charge in [0.1, 0.15) is 12.0 Å². The van der Waals surface area contributed by atoms with Crippen molar-refractivity contribution < 1.29 is 14.5 Å². The molecule has 10 heteroatoms. The topological polar surface area (TPSA) is 112 Å². The van der Waals surface area contributed by atoms with E-state index in [2.05, 4.69) is 4.98 Å². The van der Waals surface area contributed by atoms with Gasteiger partial charge in [0, 0.05) is 19.2 Å². The number of pyridine rings is 1. The van der Waals surface area contributed by atoms with Crippen molar-refractivity contribution in [3.05, 3.63) is 61.7 Å². The molecule has 1 aromatic carbocycles. The number of rotatable bonds is 6. The van der Waals surface area contributed by atoms with Crippen LogP contribution in [0.5, 0.6) is 0 Å². The number of amides is 1. The molecular weight excluding hydrogens is 407 g/mol. The van der Waals surface area contributed by atoms with Gasteiger partial charge in [-0.1, -0.05) is 29.3 Å². The molecule has 1 amide bonds. The van der Waals surface area contributed by atoms with Gasteiger partial charge in [-0.25, -0.2) is 4.98 Å². The van der Waals surface area contributed by atoms with Crippen LogP contribution in [0.4, 0.5) is 11.5 Å². The Morgan fingerprint density at radius 1 is 1.29 bits per heavy atom. The molecule has 0 aliphatic carbocycles. The van der Waals surface area contributed by atoms with Crippen molar-refractivity contribution in [3.8, 4) is 0 Å². The van der Waals surface area contributed by atoms with E-state index >= 15 is 0 Å². The zero-order chi connectivity index (χ0) is 20.3. The van der Waals surface area contributed by atoms with Crippen LogP contribution in [0.15, 0.2) is 30.5 Å². The minimum absolute atomic E-state index is 0.0424. The summed E-state index contributed by atoms with van der Waals surface area (Å²) in [4.78, 5) is 28.0. The van der Waals surface area contributed by atoms with Gasteiger partial charge in [-0.05, 0) is 30.5 Å². The number of anilines is 1. The third-order valence-corrected chi connectivity index (χ3v) is 5.28. The van der Waals surface area contributed by atoms with Gasteiger partial charge in [0.25, 0.3) is 11.6 Å². The van der Waals surface area contributed by atoms with Gasteiger partial charge in [-0.15, -0.1) is 0 Å². The van der Waals surface area contributed by atoms with Crippen molar-refractivity contribution in [1.82, 2.24) is 4.98 Å². The summed E-state index contributed by atoms with van der Waals surface area (Å²) in [7, 11) is 0. The van der Waals surface area contributed by atoms with Gasteiger partial charge in [0.05, 0.1) is 33.2 Å². The van der Waals surface area contributed by atoms with E-state index in [1.165, 1.54) is 0 Å². The van der Waals surface area contributed by atoms with Crippen LogP contribution in [-0.4, -0.2) is 35.0 Å². The molecule has 1 fully saturated rings. The summed E-state index contributed by atoms with van der Waals surface area (Å²) >= 11 is 11.9. The molecule has 0 saturated carbocycles. The van der Waals surface area contributed by atoms with Crippen LogP contribution in [0.3, 0.4) is 0 Å². The summed E-state index contributed by atoms with van der Waals surface area (Å²) in [6.45, 7) is 1.61. The highest BCUT2D eigenvalue weighted by atomic mass is 35.5. The number of hydrogen-bond acceptors (Lipinski definition) is 6. The molecular formula is C18H18Cl2N4O4. The predicted molar refractivity (Wildman–Crippen MR) is 106 cm³/mol. The van der Waals surface area contributed by atoms with E-state index in [1.807, 2.05) is 11.0 Å². The Bertz CT molecular complexity index is 901. The van der Waals surface area contributed by atoms with Crippen LogP contribution in [0.25, 0.3) is 0 Å². The Morgan fingerprint density at radius 2 is 2.00 bits per heavy atom. The number of nitrogens with two attached hydrogens (primary N) is 1. The number of aromatic nitrogens is 1. The number of carbonyl (C=O) groups is 1. The molecule has 2 N–H and O–H groups in total. The lowest BCUT2D eigenvalue weighted by molar-refractivity contribution is -0.385. The number of nitrogens with zero attached hydrogens (tertiary/aromatic N) is 3. The first-order chi connectivity index (χ1) is 13.3. The lowest BCUT2D eigenvalue weighted by Crippen LogP contribution is -2.38. The molecule has 0 radical (unpaired) electrons. The SMILES string of the molecule is NC(=O)c1cc([N+](=O)[O-])cnc1N1CCC(OCc2ccc(Cl)c(Cl)c2)CC1. The molecule has 3 rings (SSSR count). The Hall–Kier alpha value is -2.42. The second kappa shape index (κ2) is 8.72. The second-order valence-corrected chi connectivity index (χ2v) is 7.25. The Labute approximate surface area is 171 Å². The van der Waals surface area contributed by atoms with Crippen molar-refractivity contribution in [2.45, 2.75) is 25.6 Å². The first kappa shape index (κ1) is 20.3. The average molecular weight is 425 g/mol. The quantitative estimate of drug-likeness (QED) is 0.559. The van der Waals surface area contributed by atoms with Gasteiger partial charge in [-0.2, -0.15) is 0 Å². The summed E-state index contributed by atoms with van der Waals surface area (Å²) < 4.78 is 5.95. The van der Waals surface area contributed by atoms with Gasteiger partial charge in [0.15, 0.2) is 0 Å². The normalized spacial score (nSPS) is 14.9. The van der Waals surface area contributed by atoms with Crippen LogP contribution >= 0.6 is 23.2 Å². The van der Waals surface area contributed by atoms with Crippen LogP contribution in [-0.2, 0) is 11.3 Å². The lowest BCUT2D eigenvalue weighted by Gasteiger charge is -2.33. The van der Waals surface area contributed by atoms with E-state index in [0.717, 1.165) is 30.7 Å². The van der Waals surface area contributed by atoms with Gasteiger partial charge < -0.3 is 15.4 Å². The highest BCUT2D eigenvalue weighted by molar-refractivity contribution is 6.42. The minimum atomic E-state index is -0.746. The maximum absolute atomic E-state index is 11.7. The molecule has 1 aromatic heterocycles. The molecule has 1 aliphatic rings. The summed E-state index contributed by atoms with van der Waals surface area (Å²) in [6, 6.07) is 6.54. The van der Waals surface area contributed by atoms with E-state index in [0.29, 0.717) is 35.6 Å². The maximum Gasteiger partial charge on any atom is 0.288 e. The molecule has 8 nitrogen and oxygen atoms in total. The van der Waals surface area contributed by atoms with Crippen molar-refractivity contribution in [2.75, 3.05) is 18.0 Å². The molecule has 0 bridgehead atoms. The molecule has 2 heterocycles. The largest absolute Gasteiger partial charge is 0.373 e. The summed E-state index contributed by atoms with van der Waals surface area (Å²) in [5, 5.41) is 11.9. The number of carbonyl (C=O) groups excluding carboxylic acids is 1. The molecule has 0 atom stereocenters. The van der Waals surface area contributed by atoms with Gasteiger partial charge >= 0.3 is 0 Å². The third kappa shape index (κ3) is 4.70. The number of primary amides is 1. The number of ether oxygens (including phenoxy) is 1. The van der Waals surface area contributed by atoms with Gasteiger partial charge in [-0.3, -0.25) is 14.9 Å². The van der Waals surface area contributed by atoms with E-state index in [1.54, 1.807) is 12.1 Å². The van der Waals surface area contributed by atoms with E-state index in [-0.39, 0.29) is 17.4 Å². The van der Waals surface area contributed by atoms with Crippen LogP contribution < -0.4 is 10.6 Å². The minimum Gasteiger partial charge on any atom is -0.373 e. The fourth-order valence-electron chi connectivity index (χ4n) is 3.06. The molecule has 1 saturated heterocycles. The average Bonchev–Trinajstić information content (AvgIpc) is 2.68. The fraction of sp³-hybridized carbons (Fsp3) is 0.333. The number of halogens is 2. The predicted octanol–water partition coefficient (Wildman–Crippen LogP) is 3.58. The molecule has 1 aliphatic heterocycles. The van der Waals surface area contributed by atoms with Crippen molar-refractivity contribution >= 4 is 40.6 Å².